The van der Waals surface area contributed by atoms with Crippen molar-refractivity contribution in [3.63, 3.8) is 0 Å². The molecule has 1 rings (SSSR count). The Hall–Kier alpha value is -3.68. The van der Waals surface area contributed by atoms with Gasteiger partial charge in [0.15, 0.2) is 12.4 Å². The van der Waals surface area contributed by atoms with E-state index in [4.69, 9.17) is 14.2 Å². The van der Waals surface area contributed by atoms with Crippen molar-refractivity contribution in [3.8, 4) is 0 Å². The molecule has 0 aromatic rings. The van der Waals surface area contributed by atoms with Crippen molar-refractivity contribution in [2.45, 2.75) is 301 Å². The van der Waals surface area contributed by atoms with E-state index in [0.29, 0.717) is 12.8 Å². The van der Waals surface area contributed by atoms with Crippen LogP contribution in [0.25, 0.3) is 0 Å². The molecule has 0 radical (unpaired) electrons. The third-order valence-corrected chi connectivity index (χ3v) is 14.4. The van der Waals surface area contributed by atoms with Crippen LogP contribution < -0.4 is 5.32 Å². The number of nitrogens with one attached hydrogen (secondary N) is 1. The van der Waals surface area contributed by atoms with Crippen LogP contribution in [-0.4, -0.2) is 99.6 Å². The van der Waals surface area contributed by atoms with Gasteiger partial charge in [0.05, 0.1) is 25.4 Å². The van der Waals surface area contributed by atoms with E-state index in [1.807, 2.05) is 6.08 Å². The van der Waals surface area contributed by atoms with E-state index in [-0.39, 0.29) is 19.4 Å². The Morgan fingerprint density at radius 1 is 0.500 bits per heavy atom. The van der Waals surface area contributed by atoms with Crippen LogP contribution in [0.1, 0.15) is 252 Å². The average Bonchev–Trinajstić information content (AvgIpc) is 3.46. The molecule has 1 aliphatic rings. The lowest BCUT2D eigenvalue weighted by Gasteiger charge is -2.41. The third kappa shape index (κ3) is 43.1. The molecule has 8 unspecified atom stereocenters. The SMILES string of the molecule is CC/C=C\C/C=C\C/C=C\C/C=C\C/C=C\CCCCCCCCCCCCCC(=O)OC1C(OCC(NC(=O)C(O)CCCCC/C=C/C/C=C/C/C=C/CC)C(O)/C=C/CCCCCCCCCCC)OC(CO)C(O)C1O. The van der Waals surface area contributed by atoms with E-state index < -0.39 is 67.4 Å². The fourth-order valence-electron chi connectivity index (χ4n) is 9.40. The molecule has 458 valence electrons. The zero-order valence-corrected chi connectivity index (χ0v) is 50.7. The molecule has 11 nitrogen and oxygen atoms in total. The number of rotatable bonds is 53. The van der Waals surface area contributed by atoms with Crippen molar-refractivity contribution in [2.24, 2.45) is 0 Å². The van der Waals surface area contributed by atoms with Gasteiger partial charge in [0.1, 0.15) is 24.4 Å². The molecular formula is C69H117NO10. The van der Waals surface area contributed by atoms with Gasteiger partial charge in [-0.15, -0.1) is 0 Å². The average molecular weight is 1120 g/mol. The molecule has 0 aromatic heterocycles. The number of carbonyl (C=O) groups excluding carboxylic acids is 2. The van der Waals surface area contributed by atoms with Gasteiger partial charge in [-0.05, 0) is 103 Å². The first-order valence-corrected chi connectivity index (χ1v) is 32.2. The Morgan fingerprint density at radius 3 is 1.35 bits per heavy atom. The predicted molar refractivity (Wildman–Crippen MR) is 333 cm³/mol. The van der Waals surface area contributed by atoms with Crippen LogP contribution in [0.4, 0.5) is 0 Å². The van der Waals surface area contributed by atoms with Gasteiger partial charge in [-0.3, -0.25) is 9.59 Å². The summed E-state index contributed by atoms with van der Waals surface area (Å²) in [5, 5.41) is 56.9. The number of hydrogen-bond donors (Lipinski definition) is 6. The van der Waals surface area contributed by atoms with E-state index in [9.17, 15) is 35.1 Å². The van der Waals surface area contributed by atoms with Crippen molar-refractivity contribution < 1.29 is 49.3 Å². The summed E-state index contributed by atoms with van der Waals surface area (Å²) < 4.78 is 17.6. The summed E-state index contributed by atoms with van der Waals surface area (Å²) in [5.74, 6) is -1.23. The van der Waals surface area contributed by atoms with Crippen LogP contribution in [0.2, 0.25) is 0 Å². The summed E-state index contributed by atoms with van der Waals surface area (Å²) in [6, 6.07) is -1.04. The minimum atomic E-state index is -1.62. The zero-order valence-electron chi connectivity index (χ0n) is 50.7. The third-order valence-electron chi connectivity index (χ3n) is 14.4. The summed E-state index contributed by atoms with van der Waals surface area (Å²) >= 11 is 0. The van der Waals surface area contributed by atoms with E-state index in [0.717, 1.165) is 128 Å². The highest BCUT2D eigenvalue weighted by molar-refractivity contribution is 5.80. The van der Waals surface area contributed by atoms with Crippen LogP contribution >= 0.6 is 0 Å². The Labute approximate surface area is 488 Å². The number of ether oxygens (including phenoxy) is 3. The number of hydrogen-bond acceptors (Lipinski definition) is 10. The molecule has 1 saturated heterocycles. The molecule has 8 atom stereocenters. The van der Waals surface area contributed by atoms with Crippen LogP contribution in [0.3, 0.4) is 0 Å². The summed E-state index contributed by atoms with van der Waals surface area (Å²) in [5.41, 5.74) is 0. The van der Waals surface area contributed by atoms with Crippen LogP contribution in [-0.2, 0) is 23.8 Å². The lowest BCUT2D eigenvalue weighted by atomic mass is 9.99. The van der Waals surface area contributed by atoms with Gasteiger partial charge < -0.3 is 45.1 Å². The van der Waals surface area contributed by atoms with Gasteiger partial charge in [-0.1, -0.05) is 252 Å². The van der Waals surface area contributed by atoms with Gasteiger partial charge in [0, 0.05) is 6.42 Å². The number of unbranched alkanes of at least 4 members (excludes halogenated alkanes) is 23. The minimum Gasteiger partial charge on any atom is -0.454 e. The summed E-state index contributed by atoms with van der Waals surface area (Å²) in [4.78, 5) is 26.5. The van der Waals surface area contributed by atoms with Crippen LogP contribution in [0.5, 0.6) is 0 Å². The standard InChI is InChI=1S/C69H117NO10/c1-4-7-10-13-16-19-22-24-25-26-27-28-29-30-31-32-33-34-35-36-37-39-42-45-48-51-54-57-64(74)80-67-66(76)65(75)63(58-71)79-69(67)78-59-60(61(72)55-52-49-46-43-40-21-18-15-12-9-6-3)70-68(77)62(73)56-53-50-47-44-41-38-23-20-17-14-11-8-5-2/h7-8,10-11,16-17,19-20,24-25,27-28,30-31,38,41,52,55,60-63,65-67,69,71-73,75-76H,4-6,9,12-15,18,21-23,26,29,32-37,39-40,42-51,53-54,56-59H2,1-3H3,(H,70,77)/b10-7-,11-8+,19-16-,20-17+,25-24-,28-27-,31-30-,41-38+,55-52+. The second kappa shape index (κ2) is 55.8. The molecule has 1 amide bonds. The normalized spacial score (nSPS) is 19.5. The molecule has 0 saturated carbocycles. The minimum absolute atomic E-state index is 0.111. The number of esters is 1. The fourth-order valence-corrected chi connectivity index (χ4v) is 9.40. The molecule has 80 heavy (non-hydrogen) atoms. The molecule has 0 aliphatic carbocycles. The van der Waals surface area contributed by atoms with Gasteiger partial charge in [0.2, 0.25) is 5.91 Å². The van der Waals surface area contributed by atoms with Crippen molar-refractivity contribution in [3.05, 3.63) is 109 Å². The van der Waals surface area contributed by atoms with Crippen molar-refractivity contribution in [1.82, 2.24) is 5.32 Å². The Balaban J connectivity index is 2.57. The highest BCUT2D eigenvalue weighted by Gasteiger charge is 2.47. The molecule has 6 N–H and O–H groups in total. The highest BCUT2D eigenvalue weighted by Crippen LogP contribution is 2.26. The smallest absolute Gasteiger partial charge is 0.306 e. The molecule has 11 heteroatoms. The topological polar surface area (TPSA) is 175 Å². The fraction of sp³-hybridized carbons (Fsp3) is 0.710. The molecular weight excluding hydrogens is 1000 g/mol. The first-order valence-electron chi connectivity index (χ1n) is 32.2. The van der Waals surface area contributed by atoms with Crippen molar-refractivity contribution >= 4 is 11.9 Å². The largest absolute Gasteiger partial charge is 0.454 e. The second-order valence-electron chi connectivity index (χ2n) is 21.7. The van der Waals surface area contributed by atoms with E-state index in [1.165, 1.54) is 77.0 Å². The van der Waals surface area contributed by atoms with E-state index in [2.05, 4.69) is 123 Å². The maximum Gasteiger partial charge on any atom is 0.306 e. The molecule has 0 bridgehead atoms. The van der Waals surface area contributed by atoms with Gasteiger partial charge >= 0.3 is 5.97 Å². The van der Waals surface area contributed by atoms with Crippen molar-refractivity contribution in [2.75, 3.05) is 13.2 Å². The maximum absolute atomic E-state index is 13.4. The molecule has 0 spiro atoms. The number of aliphatic hydroxyl groups is 5. The Kier molecular flexibility index (Phi) is 51.9. The lowest BCUT2D eigenvalue weighted by Crippen LogP contribution is -2.61. The van der Waals surface area contributed by atoms with E-state index in [1.54, 1.807) is 6.08 Å². The van der Waals surface area contributed by atoms with E-state index >= 15 is 0 Å². The highest BCUT2D eigenvalue weighted by atomic mass is 16.7. The summed E-state index contributed by atoms with van der Waals surface area (Å²) in [6.07, 6.45) is 65.7. The monoisotopic (exact) mass is 1120 g/mol. The summed E-state index contributed by atoms with van der Waals surface area (Å²) in [6.45, 7) is 5.53. The number of amides is 1. The quantitative estimate of drug-likeness (QED) is 0.0195. The first kappa shape index (κ1) is 74.3. The molecule has 1 fully saturated rings. The number of carbonyl (C=O) groups is 2. The number of aliphatic hydroxyl groups excluding tert-OH is 5. The van der Waals surface area contributed by atoms with Gasteiger partial charge in [0.25, 0.3) is 0 Å². The maximum atomic E-state index is 13.4. The van der Waals surface area contributed by atoms with Gasteiger partial charge in [-0.2, -0.15) is 0 Å². The van der Waals surface area contributed by atoms with Gasteiger partial charge in [-0.25, -0.2) is 0 Å². The zero-order chi connectivity index (χ0) is 58.2. The second-order valence-corrected chi connectivity index (χ2v) is 21.7. The lowest BCUT2D eigenvalue weighted by molar-refractivity contribution is -0.305. The molecule has 1 aliphatic heterocycles. The Morgan fingerprint density at radius 2 is 0.900 bits per heavy atom. The summed E-state index contributed by atoms with van der Waals surface area (Å²) in [7, 11) is 0. The van der Waals surface area contributed by atoms with Crippen LogP contribution in [0.15, 0.2) is 109 Å². The van der Waals surface area contributed by atoms with Crippen molar-refractivity contribution in [1.29, 1.82) is 0 Å². The predicted octanol–water partition coefficient (Wildman–Crippen LogP) is 15.7. The molecule has 0 aromatic carbocycles. The molecule has 1 heterocycles. The Bertz CT molecular complexity index is 1710. The first-order chi connectivity index (χ1) is 39.2. The van der Waals surface area contributed by atoms with Crippen LogP contribution in [0, 0.1) is 0 Å². The number of allylic oxidation sites excluding steroid dienone is 17.